The molecule has 1 aromatic carbocycles. The molecule has 2 rings (SSSR count). The lowest BCUT2D eigenvalue weighted by Gasteiger charge is -2.31. The van der Waals surface area contributed by atoms with E-state index in [0.717, 1.165) is 22.5 Å². The van der Waals surface area contributed by atoms with E-state index < -0.39 is 0 Å². The second-order valence-electron chi connectivity index (χ2n) is 5.36. The minimum atomic E-state index is 0.546. The first-order chi connectivity index (χ1) is 9.24. The molecule has 1 unspecified atom stereocenters. The van der Waals surface area contributed by atoms with Gasteiger partial charge in [-0.1, -0.05) is 26.2 Å². The average molecular weight is 321 g/mol. The molecule has 0 aromatic heterocycles. The molecule has 1 N–H and O–H groups in total. The van der Waals surface area contributed by atoms with Crippen LogP contribution in [0.15, 0.2) is 22.7 Å². The van der Waals surface area contributed by atoms with Crippen molar-refractivity contribution in [2.45, 2.75) is 51.5 Å². The third-order valence-corrected chi connectivity index (χ3v) is 4.75. The fourth-order valence-corrected chi connectivity index (χ4v) is 3.48. The first-order valence-corrected chi connectivity index (χ1v) is 8.00. The zero-order valence-corrected chi connectivity index (χ0v) is 13.0. The summed E-state index contributed by atoms with van der Waals surface area (Å²) < 4.78 is 0.987. The largest absolute Gasteiger partial charge is 0.381 e. The molecular weight excluding hydrogens is 300 g/mol. The van der Waals surface area contributed by atoms with Gasteiger partial charge in [0, 0.05) is 16.2 Å². The molecule has 0 bridgehead atoms. The van der Waals surface area contributed by atoms with E-state index in [1.165, 1.54) is 32.1 Å². The van der Waals surface area contributed by atoms with E-state index in [2.05, 4.69) is 34.2 Å². The van der Waals surface area contributed by atoms with E-state index in [-0.39, 0.29) is 0 Å². The molecule has 1 aromatic rings. The Hall–Kier alpha value is -1.01. The van der Waals surface area contributed by atoms with Crippen molar-refractivity contribution in [3.8, 4) is 6.07 Å². The normalized spacial score (nSPS) is 17.7. The van der Waals surface area contributed by atoms with Gasteiger partial charge in [-0.3, -0.25) is 0 Å². The van der Waals surface area contributed by atoms with Crippen LogP contribution in [-0.4, -0.2) is 6.04 Å². The lowest BCUT2D eigenvalue weighted by molar-refractivity contribution is 0.313. The molecular formula is C16H21BrN2. The van der Waals surface area contributed by atoms with Gasteiger partial charge in [-0.15, -0.1) is 0 Å². The zero-order valence-electron chi connectivity index (χ0n) is 11.5. The van der Waals surface area contributed by atoms with Crippen LogP contribution in [-0.2, 0) is 0 Å². The van der Waals surface area contributed by atoms with E-state index in [1.54, 1.807) is 0 Å². The van der Waals surface area contributed by atoms with Crippen molar-refractivity contribution in [3.63, 3.8) is 0 Å². The van der Waals surface area contributed by atoms with Crippen LogP contribution in [0.25, 0.3) is 0 Å². The van der Waals surface area contributed by atoms with Gasteiger partial charge in [0.25, 0.3) is 0 Å². The van der Waals surface area contributed by atoms with E-state index in [1.807, 2.05) is 18.2 Å². The summed E-state index contributed by atoms with van der Waals surface area (Å²) in [4.78, 5) is 0. The number of nitrogens with zero attached hydrogens (tertiary/aromatic N) is 1. The highest BCUT2D eigenvalue weighted by atomic mass is 79.9. The van der Waals surface area contributed by atoms with Gasteiger partial charge in [0.1, 0.15) is 0 Å². The molecule has 0 amide bonds. The molecule has 102 valence electrons. The van der Waals surface area contributed by atoms with Crippen LogP contribution in [0.4, 0.5) is 5.69 Å². The molecule has 0 heterocycles. The Morgan fingerprint density at radius 1 is 1.37 bits per heavy atom. The van der Waals surface area contributed by atoms with Gasteiger partial charge < -0.3 is 5.32 Å². The van der Waals surface area contributed by atoms with Crippen molar-refractivity contribution in [3.05, 3.63) is 28.2 Å². The van der Waals surface area contributed by atoms with Crippen molar-refractivity contribution in [1.82, 2.24) is 0 Å². The molecule has 0 spiro atoms. The topological polar surface area (TPSA) is 35.8 Å². The molecule has 1 fully saturated rings. The summed E-state index contributed by atoms with van der Waals surface area (Å²) >= 11 is 3.56. The standard InChI is InChI=1S/C16H21BrN2/c1-2-15(13-6-4-3-5-7-13)19-16-9-8-12(11-18)10-14(16)17/h8-10,13,15,19H,2-7H2,1H3. The molecule has 19 heavy (non-hydrogen) atoms. The summed E-state index contributed by atoms with van der Waals surface area (Å²) in [5.74, 6) is 0.793. The summed E-state index contributed by atoms with van der Waals surface area (Å²) in [6.45, 7) is 2.25. The molecule has 1 aliphatic carbocycles. The quantitative estimate of drug-likeness (QED) is 0.838. The summed E-state index contributed by atoms with van der Waals surface area (Å²) in [7, 11) is 0. The predicted molar refractivity (Wildman–Crippen MR) is 83.1 cm³/mol. The Morgan fingerprint density at radius 3 is 2.68 bits per heavy atom. The van der Waals surface area contributed by atoms with Crippen molar-refractivity contribution in [2.24, 2.45) is 5.92 Å². The van der Waals surface area contributed by atoms with Gasteiger partial charge in [-0.05, 0) is 59.3 Å². The minimum Gasteiger partial charge on any atom is -0.381 e. The Morgan fingerprint density at radius 2 is 2.11 bits per heavy atom. The van der Waals surface area contributed by atoms with Crippen LogP contribution in [0.1, 0.15) is 51.0 Å². The molecule has 0 saturated heterocycles. The Balaban J connectivity index is 2.07. The van der Waals surface area contributed by atoms with Gasteiger partial charge >= 0.3 is 0 Å². The van der Waals surface area contributed by atoms with Crippen LogP contribution in [0.2, 0.25) is 0 Å². The SMILES string of the molecule is CCC(Nc1ccc(C#N)cc1Br)C1CCCCC1. The highest BCUT2D eigenvalue weighted by molar-refractivity contribution is 9.10. The fraction of sp³-hybridized carbons (Fsp3) is 0.562. The third kappa shape index (κ3) is 3.73. The van der Waals surface area contributed by atoms with E-state index >= 15 is 0 Å². The van der Waals surface area contributed by atoms with Crippen LogP contribution in [0.5, 0.6) is 0 Å². The van der Waals surface area contributed by atoms with Crippen molar-refractivity contribution < 1.29 is 0 Å². The number of nitrogens with one attached hydrogen (secondary N) is 1. The molecule has 1 atom stereocenters. The molecule has 1 saturated carbocycles. The number of anilines is 1. The van der Waals surface area contributed by atoms with Gasteiger partial charge in [0.05, 0.1) is 11.6 Å². The predicted octanol–water partition coefficient (Wildman–Crippen LogP) is 5.09. The fourth-order valence-electron chi connectivity index (χ4n) is 2.99. The van der Waals surface area contributed by atoms with Crippen molar-refractivity contribution in [2.75, 3.05) is 5.32 Å². The Bertz CT molecular complexity index is 458. The molecule has 2 nitrogen and oxygen atoms in total. The van der Waals surface area contributed by atoms with Crippen LogP contribution in [0.3, 0.4) is 0 Å². The average Bonchev–Trinajstić information content (AvgIpc) is 2.47. The van der Waals surface area contributed by atoms with Crippen molar-refractivity contribution >= 4 is 21.6 Å². The van der Waals surface area contributed by atoms with Gasteiger partial charge in [-0.2, -0.15) is 5.26 Å². The van der Waals surface area contributed by atoms with E-state index in [4.69, 9.17) is 5.26 Å². The molecule has 3 heteroatoms. The first-order valence-electron chi connectivity index (χ1n) is 7.20. The van der Waals surface area contributed by atoms with Crippen molar-refractivity contribution in [1.29, 1.82) is 5.26 Å². The van der Waals surface area contributed by atoms with E-state index in [9.17, 15) is 0 Å². The summed E-state index contributed by atoms with van der Waals surface area (Å²) in [6, 6.07) is 8.48. The smallest absolute Gasteiger partial charge is 0.0992 e. The monoisotopic (exact) mass is 320 g/mol. The molecule has 0 aliphatic heterocycles. The molecule has 1 aliphatic rings. The lowest BCUT2D eigenvalue weighted by atomic mass is 9.83. The minimum absolute atomic E-state index is 0.546. The van der Waals surface area contributed by atoms with E-state index in [0.29, 0.717) is 11.6 Å². The zero-order chi connectivity index (χ0) is 13.7. The number of rotatable bonds is 4. The highest BCUT2D eigenvalue weighted by Crippen LogP contribution is 2.31. The second kappa shape index (κ2) is 6.96. The number of nitriles is 1. The number of benzene rings is 1. The highest BCUT2D eigenvalue weighted by Gasteiger charge is 2.22. The van der Waals surface area contributed by atoms with Crippen LogP contribution < -0.4 is 5.32 Å². The number of hydrogen-bond donors (Lipinski definition) is 1. The summed E-state index contributed by atoms with van der Waals surface area (Å²) in [6.07, 6.45) is 7.98. The van der Waals surface area contributed by atoms with Gasteiger partial charge in [0.2, 0.25) is 0 Å². The maximum atomic E-state index is 8.89. The lowest BCUT2D eigenvalue weighted by Crippen LogP contribution is -2.30. The summed E-state index contributed by atoms with van der Waals surface area (Å²) in [5.41, 5.74) is 1.81. The number of halogens is 1. The third-order valence-electron chi connectivity index (χ3n) is 4.10. The van der Waals surface area contributed by atoms with Crippen LogP contribution in [0, 0.1) is 17.2 Å². The first kappa shape index (κ1) is 14.4. The van der Waals surface area contributed by atoms with Gasteiger partial charge in [0.15, 0.2) is 0 Å². The maximum Gasteiger partial charge on any atom is 0.0992 e. The Kier molecular flexibility index (Phi) is 5.27. The molecule has 0 radical (unpaired) electrons. The Labute approximate surface area is 124 Å². The maximum absolute atomic E-state index is 8.89. The van der Waals surface area contributed by atoms with Crippen LogP contribution >= 0.6 is 15.9 Å². The number of hydrogen-bond acceptors (Lipinski definition) is 2. The second-order valence-corrected chi connectivity index (χ2v) is 6.22. The summed E-state index contributed by atoms with van der Waals surface area (Å²) in [5, 5.41) is 12.6. The van der Waals surface area contributed by atoms with Gasteiger partial charge in [-0.25, -0.2) is 0 Å².